The SMILES string of the molecule is Cc1c(C(=O)N2CCOCC2c2ncon2)sc2cccc(F)c12. The van der Waals surface area contributed by atoms with E-state index in [4.69, 9.17) is 9.26 Å². The number of aryl methyl sites for hydroxylation is 1. The molecule has 1 amide bonds. The first-order valence-corrected chi connectivity index (χ1v) is 8.31. The van der Waals surface area contributed by atoms with Crippen LogP contribution in [0.15, 0.2) is 29.1 Å². The van der Waals surface area contributed by atoms with Crippen LogP contribution in [0.1, 0.15) is 27.1 Å². The molecular formula is C16H14FN3O3S. The number of carbonyl (C=O) groups excluding carboxylic acids is 1. The zero-order valence-corrected chi connectivity index (χ0v) is 13.7. The van der Waals surface area contributed by atoms with Crippen molar-refractivity contribution in [2.24, 2.45) is 0 Å². The molecule has 1 aromatic carbocycles. The Morgan fingerprint density at radius 2 is 2.33 bits per heavy atom. The second kappa shape index (κ2) is 5.95. The third kappa shape index (κ3) is 2.38. The summed E-state index contributed by atoms with van der Waals surface area (Å²) < 4.78 is 25.1. The maximum Gasteiger partial charge on any atom is 0.265 e. The fraction of sp³-hybridized carbons (Fsp3) is 0.312. The van der Waals surface area contributed by atoms with Gasteiger partial charge in [-0.3, -0.25) is 4.79 Å². The van der Waals surface area contributed by atoms with Gasteiger partial charge in [0, 0.05) is 16.6 Å². The second-order valence-electron chi connectivity index (χ2n) is 5.55. The quantitative estimate of drug-likeness (QED) is 0.713. The average molecular weight is 347 g/mol. The summed E-state index contributed by atoms with van der Waals surface area (Å²) in [6.45, 7) is 2.95. The lowest BCUT2D eigenvalue weighted by atomic mass is 10.1. The highest BCUT2D eigenvalue weighted by molar-refractivity contribution is 7.21. The van der Waals surface area contributed by atoms with E-state index >= 15 is 0 Å². The van der Waals surface area contributed by atoms with Crippen molar-refractivity contribution in [2.75, 3.05) is 19.8 Å². The third-order valence-electron chi connectivity index (χ3n) is 4.16. The lowest BCUT2D eigenvalue weighted by Gasteiger charge is -2.33. The van der Waals surface area contributed by atoms with Crippen LogP contribution in [0.2, 0.25) is 0 Å². The van der Waals surface area contributed by atoms with Crippen molar-refractivity contribution >= 4 is 27.3 Å². The van der Waals surface area contributed by atoms with Crippen LogP contribution < -0.4 is 0 Å². The normalized spacial score (nSPS) is 18.2. The molecule has 4 rings (SSSR count). The number of nitrogens with zero attached hydrogens (tertiary/aromatic N) is 3. The first kappa shape index (κ1) is 15.2. The number of benzene rings is 1. The van der Waals surface area contributed by atoms with Gasteiger partial charge >= 0.3 is 0 Å². The van der Waals surface area contributed by atoms with Gasteiger partial charge in [0.15, 0.2) is 5.82 Å². The van der Waals surface area contributed by atoms with Crippen LogP contribution in [-0.2, 0) is 4.74 Å². The molecule has 0 radical (unpaired) electrons. The van der Waals surface area contributed by atoms with Gasteiger partial charge in [-0.2, -0.15) is 4.98 Å². The second-order valence-corrected chi connectivity index (χ2v) is 6.60. The molecule has 0 aliphatic carbocycles. The van der Waals surface area contributed by atoms with Gasteiger partial charge in [-0.1, -0.05) is 11.2 Å². The van der Waals surface area contributed by atoms with Crippen molar-refractivity contribution in [2.45, 2.75) is 13.0 Å². The fourth-order valence-electron chi connectivity index (χ4n) is 2.97. The van der Waals surface area contributed by atoms with Crippen molar-refractivity contribution in [3.05, 3.63) is 46.7 Å². The number of halogens is 1. The summed E-state index contributed by atoms with van der Waals surface area (Å²) in [5.74, 6) is -0.0591. The van der Waals surface area contributed by atoms with E-state index in [1.807, 2.05) is 6.07 Å². The van der Waals surface area contributed by atoms with Gasteiger partial charge in [0.1, 0.15) is 11.9 Å². The Kier molecular flexibility index (Phi) is 3.78. The molecule has 0 bridgehead atoms. The van der Waals surface area contributed by atoms with E-state index in [9.17, 15) is 9.18 Å². The third-order valence-corrected chi connectivity index (χ3v) is 5.41. The highest BCUT2D eigenvalue weighted by Crippen LogP contribution is 2.35. The van der Waals surface area contributed by atoms with Gasteiger partial charge in [-0.25, -0.2) is 4.39 Å². The van der Waals surface area contributed by atoms with E-state index in [-0.39, 0.29) is 11.7 Å². The fourth-order valence-corrected chi connectivity index (χ4v) is 4.15. The topological polar surface area (TPSA) is 68.5 Å². The Balaban J connectivity index is 1.75. The van der Waals surface area contributed by atoms with Crippen LogP contribution >= 0.6 is 11.3 Å². The summed E-state index contributed by atoms with van der Waals surface area (Å²) in [5.41, 5.74) is 0.663. The Morgan fingerprint density at radius 1 is 1.46 bits per heavy atom. The molecule has 24 heavy (non-hydrogen) atoms. The van der Waals surface area contributed by atoms with Gasteiger partial charge in [-0.05, 0) is 24.6 Å². The molecule has 1 fully saturated rings. The predicted octanol–water partition coefficient (Wildman–Crippen LogP) is 2.95. The van der Waals surface area contributed by atoms with Gasteiger partial charge in [-0.15, -0.1) is 11.3 Å². The monoisotopic (exact) mass is 347 g/mol. The standard InChI is InChI=1S/C16H14FN3O3S/c1-9-13-10(17)3-2-4-12(13)24-14(9)16(21)20-5-6-22-7-11(20)15-18-8-23-19-15/h2-4,8,11H,5-7H2,1H3. The van der Waals surface area contributed by atoms with Crippen LogP contribution in [0.3, 0.4) is 0 Å². The van der Waals surface area contributed by atoms with Crippen LogP contribution in [0.25, 0.3) is 10.1 Å². The molecule has 1 aliphatic heterocycles. The highest BCUT2D eigenvalue weighted by atomic mass is 32.1. The van der Waals surface area contributed by atoms with Crippen molar-refractivity contribution in [3.8, 4) is 0 Å². The number of thiophene rings is 1. The summed E-state index contributed by atoms with van der Waals surface area (Å²) >= 11 is 1.30. The average Bonchev–Trinajstić information content (AvgIpc) is 3.23. The van der Waals surface area contributed by atoms with E-state index in [1.165, 1.54) is 23.8 Å². The number of rotatable bonds is 2. The maximum absolute atomic E-state index is 14.1. The lowest BCUT2D eigenvalue weighted by molar-refractivity contribution is -0.00554. The van der Waals surface area contributed by atoms with E-state index in [2.05, 4.69) is 10.1 Å². The molecule has 1 unspecified atom stereocenters. The summed E-state index contributed by atoms with van der Waals surface area (Å²) in [4.78, 5) is 19.3. The molecule has 8 heteroatoms. The van der Waals surface area contributed by atoms with Gasteiger partial charge in [0.25, 0.3) is 5.91 Å². The molecule has 124 valence electrons. The molecule has 1 saturated heterocycles. The molecule has 0 N–H and O–H groups in total. The van der Waals surface area contributed by atoms with Crippen LogP contribution in [0, 0.1) is 12.7 Å². The smallest absolute Gasteiger partial charge is 0.265 e. The molecule has 6 nitrogen and oxygen atoms in total. The number of amides is 1. The van der Waals surface area contributed by atoms with Crippen molar-refractivity contribution in [1.82, 2.24) is 15.0 Å². The summed E-state index contributed by atoms with van der Waals surface area (Å²) in [6, 6.07) is 4.48. The largest absolute Gasteiger partial charge is 0.377 e. The van der Waals surface area contributed by atoms with E-state index < -0.39 is 6.04 Å². The van der Waals surface area contributed by atoms with Gasteiger partial charge in [0.2, 0.25) is 6.39 Å². The summed E-state index contributed by atoms with van der Waals surface area (Å²) in [7, 11) is 0. The lowest BCUT2D eigenvalue weighted by Crippen LogP contribution is -2.43. The van der Waals surface area contributed by atoms with Crippen LogP contribution in [-0.4, -0.2) is 40.7 Å². The number of hydrogen-bond donors (Lipinski definition) is 0. The molecule has 0 spiro atoms. The Hall–Kier alpha value is -2.32. The summed E-state index contributed by atoms with van der Waals surface area (Å²) in [5, 5.41) is 4.34. The number of carbonyl (C=O) groups is 1. The van der Waals surface area contributed by atoms with E-state index in [1.54, 1.807) is 17.9 Å². The minimum atomic E-state index is -0.403. The van der Waals surface area contributed by atoms with Crippen LogP contribution in [0.5, 0.6) is 0 Å². The molecule has 3 aromatic rings. The Labute approximate surface area is 140 Å². The molecule has 3 heterocycles. The number of hydrogen-bond acceptors (Lipinski definition) is 6. The molecule has 1 atom stereocenters. The minimum absolute atomic E-state index is 0.161. The number of morpholine rings is 1. The van der Waals surface area contributed by atoms with Gasteiger partial charge in [0.05, 0.1) is 18.1 Å². The van der Waals surface area contributed by atoms with Gasteiger partial charge < -0.3 is 14.2 Å². The molecule has 2 aromatic heterocycles. The van der Waals surface area contributed by atoms with E-state index in [0.29, 0.717) is 41.4 Å². The Morgan fingerprint density at radius 3 is 3.08 bits per heavy atom. The highest BCUT2D eigenvalue weighted by Gasteiger charge is 2.34. The van der Waals surface area contributed by atoms with Crippen molar-refractivity contribution in [3.63, 3.8) is 0 Å². The first-order chi connectivity index (χ1) is 11.7. The first-order valence-electron chi connectivity index (χ1n) is 7.49. The number of fused-ring (bicyclic) bond motifs is 1. The molecule has 1 aliphatic rings. The van der Waals surface area contributed by atoms with E-state index in [0.717, 1.165) is 4.70 Å². The molecule has 0 saturated carbocycles. The minimum Gasteiger partial charge on any atom is -0.377 e. The van der Waals surface area contributed by atoms with Crippen molar-refractivity contribution < 1.29 is 18.4 Å². The zero-order valence-electron chi connectivity index (χ0n) is 12.9. The number of aromatic nitrogens is 2. The Bertz CT molecular complexity index is 893. The number of ether oxygens (including phenoxy) is 1. The zero-order chi connectivity index (χ0) is 16.7. The molecular weight excluding hydrogens is 333 g/mol. The predicted molar refractivity (Wildman–Crippen MR) is 85.4 cm³/mol. The van der Waals surface area contributed by atoms with Crippen LogP contribution in [0.4, 0.5) is 4.39 Å². The summed E-state index contributed by atoms with van der Waals surface area (Å²) in [6.07, 6.45) is 1.23. The van der Waals surface area contributed by atoms with Crippen molar-refractivity contribution in [1.29, 1.82) is 0 Å². The maximum atomic E-state index is 14.1.